The van der Waals surface area contributed by atoms with E-state index in [9.17, 15) is 4.79 Å². The van der Waals surface area contributed by atoms with Gasteiger partial charge < -0.3 is 10.6 Å². The lowest BCUT2D eigenvalue weighted by Crippen LogP contribution is -2.37. The van der Waals surface area contributed by atoms with Gasteiger partial charge in [-0.05, 0) is 31.4 Å². The van der Waals surface area contributed by atoms with E-state index in [1.807, 2.05) is 6.92 Å². The number of rotatable bonds is 7. The van der Waals surface area contributed by atoms with Crippen molar-refractivity contribution in [3.63, 3.8) is 0 Å². The molecule has 0 aliphatic heterocycles. The van der Waals surface area contributed by atoms with Gasteiger partial charge in [-0.1, -0.05) is 27.2 Å². The average Bonchev–Trinajstić information content (AvgIpc) is 2.44. The Labute approximate surface area is 115 Å². The summed E-state index contributed by atoms with van der Waals surface area (Å²) < 4.78 is 0. The molecule has 2 N–H and O–H groups in total. The van der Waals surface area contributed by atoms with E-state index in [0.717, 1.165) is 19.4 Å². The third-order valence-electron chi connectivity index (χ3n) is 3.31. The predicted octanol–water partition coefficient (Wildman–Crippen LogP) is 2.46. The third kappa shape index (κ3) is 4.85. The summed E-state index contributed by atoms with van der Waals surface area (Å²) >= 11 is 0. The zero-order valence-corrected chi connectivity index (χ0v) is 12.2. The van der Waals surface area contributed by atoms with Crippen LogP contribution in [0, 0.1) is 5.92 Å². The molecule has 5 heteroatoms. The van der Waals surface area contributed by atoms with Crippen molar-refractivity contribution in [2.24, 2.45) is 5.92 Å². The highest BCUT2D eigenvalue weighted by molar-refractivity contribution is 5.92. The van der Waals surface area contributed by atoms with E-state index in [-0.39, 0.29) is 11.9 Å². The molecule has 1 aromatic rings. The summed E-state index contributed by atoms with van der Waals surface area (Å²) in [4.78, 5) is 12.0. The molecular formula is C14H24N4O. The van der Waals surface area contributed by atoms with E-state index in [1.54, 1.807) is 12.1 Å². The average molecular weight is 264 g/mol. The van der Waals surface area contributed by atoms with Gasteiger partial charge in [-0.15, -0.1) is 10.2 Å². The second kappa shape index (κ2) is 7.71. The Bertz CT molecular complexity index is 391. The fourth-order valence-electron chi connectivity index (χ4n) is 1.58. The van der Waals surface area contributed by atoms with Crippen molar-refractivity contribution in [2.45, 2.75) is 46.6 Å². The lowest BCUT2D eigenvalue weighted by atomic mass is 10.0. The van der Waals surface area contributed by atoms with E-state index in [4.69, 9.17) is 0 Å². The minimum absolute atomic E-state index is 0.136. The minimum atomic E-state index is -0.164. The highest BCUT2D eigenvalue weighted by Crippen LogP contribution is 2.08. The van der Waals surface area contributed by atoms with Crippen LogP contribution in [0.4, 0.5) is 5.82 Å². The Balaban J connectivity index is 2.57. The number of aromatic nitrogens is 2. The Kier molecular flexibility index (Phi) is 6.25. The molecule has 0 aliphatic rings. The van der Waals surface area contributed by atoms with E-state index in [0.29, 0.717) is 17.4 Å². The van der Waals surface area contributed by atoms with Crippen molar-refractivity contribution < 1.29 is 4.79 Å². The van der Waals surface area contributed by atoms with Crippen LogP contribution in [0.3, 0.4) is 0 Å². The smallest absolute Gasteiger partial charge is 0.272 e. The zero-order valence-electron chi connectivity index (χ0n) is 12.2. The second-order valence-electron chi connectivity index (χ2n) is 4.88. The minimum Gasteiger partial charge on any atom is -0.369 e. The molecule has 0 spiro atoms. The SMILES string of the molecule is CCCNc1ccc(C(=O)NC(C)C(C)CC)nn1. The molecule has 1 amide bonds. The zero-order chi connectivity index (χ0) is 14.3. The highest BCUT2D eigenvalue weighted by atomic mass is 16.2. The van der Waals surface area contributed by atoms with Crippen molar-refractivity contribution >= 4 is 11.7 Å². The van der Waals surface area contributed by atoms with E-state index in [1.165, 1.54) is 0 Å². The van der Waals surface area contributed by atoms with Gasteiger partial charge in [0.2, 0.25) is 0 Å². The molecule has 0 saturated carbocycles. The molecule has 2 atom stereocenters. The van der Waals surface area contributed by atoms with Gasteiger partial charge in [0.15, 0.2) is 5.69 Å². The molecule has 0 aromatic carbocycles. The number of nitrogens with zero attached hydrogens (tertiary/aromatic N) is 2. The predicted molar refractivity (Wildman–Crippen MR) is 77.2 cm³/mol. The first-order valence-electron chi connectivity index (χ1n) is 6.96. The van der Waals surface area contributed by atoms with Crippen molar-refractivity contribution in [2.75, 3.05) is 11.9 Å². The lowest BCUT2D eigenvalue weighted by Gasteiger charge is -2.19. The fraction of sp³-hybridized carbons (Fsp3) is 0.643. The first-order chi connectivity index (χ1) is 9.08. The third-order valence-corrected chi connectivity index (χ3v) is 3.31. The van der Waals surface area contributed by atoms with Crippen LogP contribution >= 0.6 is 0 Å². The maximum atomic E-state index is 12.0. The molecule has 1 rings (SSSR count). The Morgan fingerprint density at radius 3 is 2.53 bits per heavy atom. The van der Waals surface area contributed by atoms with Crippen LogP contribution in [-0.4, -0.2) is 28.7 Å². The number of amides is 1. The molecule has 5 nitrogen and oxygen atoms in total. The van der Waals surface area contributed by atoms with E-state index >= 15 is 0 Å². The summed E-state index contributed by atoms with van der Waals surface area (Å²) in [6.45, 7) is 9.18. The molecule has 0 aliphatic carbocycles. The molecule has 0 radical (unpaired) electrons. The van der Waals surface area contributed by atoms with Crippen LogP contribution in [0.1, 0.15) is 51.0 Å². The van der Waals surface area contributed by atoms with Crippen LogP contribution in [0.15, 0.2) is 12.1 Å². The summed E-state index contributed by atoms with van der Waals surface area (Å²) in [7, 11) is 0. The van der Waals surface area contributed by atoms with Crippen LogP contribution in [0.2, 0.25) is 0 Å². The first kappa shape index (κ1) is 15.4. The summed E-state index contributed by atoms with van der Waals surface area (Å²) in [6, 6.07) is 3.62. The maximum absolute atomic E-state index is 12.0. The van der Waals surface area contributed by atoms with Crippen molar-refractivity contribution in [3.8, 4) is 0 Å². The van der Waals surface area contributed by atoms with Gasteiger partial charge >= 0.3 is 0 Å². The van der Waals surface area contributed by atoms with E-state index < -0.39 is 0 Å². The number of carbonyl (C=O) groups is 1. The van der Waals surface area contributed by atoms with Gasteiger partial charge in [0.1, 0.15) is 5.82 Å². The van der Waals surface area contributed by atoms with E-state index in [2.05, 4.69) is 41.6 Å². The van der Waals surface area contributed by atoms with Crippen LogP contribution in [-0.2, 0) is 0 Å². The maximum Gasteiger partial charge on any atom is 0.272 e. The molecule has 0 saturated heterocycles. The van der Waals surface area contributed by atoms with Crippen molar-refractivity contribution in [3.05, 3.63) is 17.8 Å². The topological polar surface area (TPSA) is 66.9 Å². The lowest BCUT2D eigenvalue weighted by molar-refractivity contribution is 0.0922. The summed E-state index contributed by atoms with van der Waals surface area (Å²) in [5.41, 5.74) is 0.359. The number of carbonyl (C=O) groups excluding carboxylic acids is 1. The fourth-order valence-corrected chi connectivity index (χ4v) is 1.58. The van der Waals surface area contributed by atoms with Crippen LogP contribution in [0.25, 0.3) is 0 Å². The molecule has 1 aromatic heterocycles. The number of anilines is 1. The molecule has 106 valence electrons. The molecule has 2 unspecified atom stereocenters. The summed E-state index contributed by atoms with van der Waals surface area (Å²) in [5.74, 6) is 0.984. The highest BCUT2D eigenvalue weighted by Gasteiger charge is 2.15. The summed E-state index contributed by atoms with van der Waals surface area (Å²) in [6.07, 6.45) is 2.06. The standard InChI is InChI=1S/C14H24N4O/c1-5-9-15-13-8-7-12(17-18-13)14(19)16-11(4)10(3)6-2/h7-8,10-11H,5-6,9H2,1-4H3,(H,15,18)(H,16,19). The Hall–Kier alpha value is -1.65. The normalized spacial score (nSPS) is 13.7. The molecule has 19 heavy (non-hydrogen) atoms. The van der Waals surface area contributed by atoms with Crippen LogP contribution < -0.4 is 10.6 Å². The largest absolute Gasteiger partial charge is 0.369 e. The quantitative estimate of drug-likeness (QED) is 0.794. The van der Waals surface area contributed by atoms with Gasteiger partial charge in [-0.3, -0.25) is 4.79 Å². The van der Waals surface area contributed by atoms with Gasteiger partial charge in [0.05, 0.1) is 0 Å². The van der Waals surface area contributed by atoms with Crippen molar-refractivity contribution in [1.29, 1.82) is 0 Å². The number of hydrogen-bond acceptors (Lipinski definition) is 4. The van der Waals surface area contributed by atoms with Gasteiger partial charge in [-0.25, -0.2) is 0 Å². The Morgan fingerprint density at radius 1 is 1.26 bits per heavy atom. The number of hydrogen-bond donors (Lipinski definition) is 2. The van der Waals surface area contributed by atoms with Crippen LogP contribution in [0.5, 0.6) is 0 Å². The molecule has 0 fully saturated rings. The Morgan fingerprint density at radius 2 is 2.00 bits per heavy atom. The summed E-state index contributed by atoms with van der Waals surface area (Å²) in [5, 5.41) is 14.0. The number of nitrogens with one attached hydrogen (secondary N) is 2. The van der Waals surface area contributed by atoms with Gasteiger partial charge in [0.25, 0.3) is 5.91 Å². The second-order valence-corrected chi connectivity index (χ2v) is 4.88. The molecular weight excluding hydrogens is 240 g/mol. The van der Waals surface area contributed by atoms with Crippen molar-refractivity contribution in [1.82, 2.24) is 15.5 Å². The monoisotopic (exact) mass is 264 g/mol. The van der Waals surface area contributed by atoms with Gasteiger partial charge in [0, 0.05) is 12.6 Å². The first-order valence-corrected chi connectivity index (χ1v) is 6.96. The molecule has 1 heterocycles. The van der Waals surface area contributed by atoms with Gasteiger partial charge in [-0.2, -0.15) is 0 Å². The molecule has 0 bridgehead atoms.